The van der Waals surface area contributed by atoms with Gasteiger partial charge in [-0.25, -0.2) is 0 Å². The van der Waals surface area contributed by atoms with E-state index in [9.17, 15) is 0 Å². The second-order valence-corrected chi connectivity index (χ2v) is 5.85. The van der Waals surface area contributed by atoms with Crippen molar-refractivity contribution in [2.75, 3.05) is 5.32 Å². The summed E-state index contributed by atoms with van der Waals surface area (Å²) in [6.07, 6.45) is 1.93. The second-order valence-electron chi connectivity index (χ2n) is 3.40. The third kappa shape index (κ3) is 2.60. The highest BCUT2D eigenvalue weighted by Crippen LogP contribution is 2.27. The molecular weight excluding hydrogens is 274 g/mol. The van der Waals surface area contributed by atoms with Gasteiger partial charge in [-0.2, -0.15) is 5.10 Å². The first-order valence-electron chi connectivity index (χ1n) is 4.63. The zero-order chi connectivity index (χ0) is 10.8. The van der Waals surface area contributed by atoms with Crippen molar-refractivity contribution < 1.29 is 0 Å². The maximum absolute atomic E-state index is 4.25. The van der Waals surface area contributed by atoms with Gasteiger partial charge in [0.15, 0.2) is 0 Å². The van der Waals surface area contributed by atoms with E-state index >= 15 is 0 Å². The number of nitrogens with zero attached hydrogens (tertiary/aromatic N) is 2. The van der Waals surface area contributed by atoms with Gasteiger partial charge in [-0.1, -0.05) is 0 Å². The molecular formula is C10H12BrN3S. The zero-order valence-electron chi connectivity index (χ0n) is 8.62. The van der Waals surface area contributed by atoms with Crippen LogP contribution in [0, 0.1) is 6.92 Å². The largest absolute Gasteiger partial charge is 0.364 e. The van der Waals surface area contributed by atoms with Gasteiger partial charge in [-0.05, 0) is 34.5 Å². The van der Waals surface area contributed by atoms with E-state index in [4.69, 9.17) is 0 Å². The van der Waals surface area contributed by atoms with Crippen LogP contribution in [0.1, 0.15) is 10.4 Å². The van der Waals surface area contributed by atoms with Crippen LogP contribution in [0.5, 0.6) is 0 Å². The molecule has 0 radical (unpaired) electrons. The standard InChI is InChI=1S/C10H12BrN3S/c1-7-5-8(15-10(7)11)6-12-9-3-4-14(2)13-9/h3-5H,6H2,1-2H3,(H,12,13). The number of halogens is 1. The molecule has 0 atom stereocenters. The van der Waals surface area contributed by atoms with Crippen LogP contribution in [0.4, 0.5) is 5.82 Å². The Labute approximate surface area is 101 Å². The van der Waals surface area contributed by atoms with E-state index in [0.717, 1.165) is 12.4 Å². The van der Waals surface area contributed by atoms with Crippen LogP contribution in [0.2, 0.25) is 0 Å². The highest BCUT2D eigenvalue weighted by atomic mass is 79.9. The van der Waals surface area contributed by atoms with E-state index in [2.05, 4.69) is 39.3 Å². The molecule has 0 amide bonds. The van der Waals surface area contributed by atoms with Crippen LogP contribution in [-0.4, -0.2) is 9.78 Å². The first kappa shape index (κ1) is 10.7. The molecule has 2 aromatic heterocycles. The lowest BCUT2D eigenvalue weighted by atomic mass is 10.3. The summed E-state index contributed by atoms with van der Waals surface area (Å²) in [4.78, 5) is 1.31. The topological polar surface area (TPSA) is 29.9 Å². The van der Waals surface area contributed by atoms with Gasteiger partial charge in [-0.15, -0.1) is 11.3 Å². The zero-order valence-corrected chi connectivity index (χ0v) is 11.0. The predicted octanol–water partition coefficient (Wildman–Crippen LogP) is 3.16. The molecule has 0 saturated heterocycles. The monoisotopic (exact) mass is 285 g/mol. The molecule has 0 aliphatic rings. The fourth-order valence-corrected chi connectivity index (χ4v) is 2.87. The molecule has 0 bridgehead atoms. The average molecular weight is 286 g/mol. The first-order chi connectivity index (χ1) is 7.15. The molecule has 80 valence electrons. The van der Waals surface area contributed by atoms with Crippen LogP contribution >= 0.6 is 27.3 Å². The van der Waals surface area contributed by atoms with Gasteiger partial charge in [0, 0.05) is 24.2 Å². The van der Waals surface area contributed by atoms with Crippen molar-refractivity contribution in [1.82, 2.24) is 9.78 Å². The maximum Gasteiger partial charge on any atom is 0.148 e. The molecule has 0 saturated carbocycles. The summed E-state index contributed by atoms with van der Waals surface area (Å²) < 4.78 is 3.00. The normalized spacial score (nSPS) is 10.6. The van der Waals surface area contributed by atoms with E-state index < -0.39 is 0 Å². The van der Waals surface area contributed by atoms with E-state index in [1.807, 2.05) is 19.3 Å². The molecule has 2 aromatic rings. The Balaban J connectivity index is 1.99. The number of anilines is 1. The second kappa shape index (κ2) is 4.37. The van der Waals surface area contributed by atoms with Gasteiger partial charge in [-0.3, -0.25) is 4.68 Å². The molecule has 2 heterocycles. The first-order valence-corrected chi connectivity index (χ1v) is 6.24. The number of aryl methyl sites for hydroxylation is 2. The van der Waals surface area contributed by atoms with Crippen molar-refractivity contribution in [2.24, 2.45) is 7.05 Å². The minimum Gasteiger partial charge on any atom is -0.364 e. The van der Waals surface area contributed by atoms with Crippen molar-refractivity contribution >= 4 is 33.1 Å². The summed E-state index contributed by atoms with van der Waals surface area (Å²) in [5.41, 5.74) is 1.29. The number of rotatable bonds is 3. The van der Waals surface area contributed by atoms with Crippen molar-refractivity contribution in [3.63, 3.8) is 0 Å². The van der Waals surface area contributed by atoms with Crippen molar-refractivity contribution in [2.45, 2.75) is 13.5 Å². The summed E-state index contributed by atoms with van der Waals surface area (Å²) in [5, 5.41) is 7.53. The average Bonchev–Trinajstić information content (AvgIpc) is 2.72. The Hall–Kier alpha value is -0.810. The van der Waals surface area contributed by atoms with Crippen molar-refractivity contribution in [1.29, 1.82) is 0 Å². The fraction of sp³-hybridized carbons (Fsp3) is 0.300. The van der Waals surface area contributed by atoms with Crippen molar-refractivity contribution in [3.8, 4) is 0 Å². The van der Waals surface area contributed by atoms with Gasteiger partial charge in [0.05, 0.1) is 10.3 Å². The SMILES string of the molecule is Cc1cc(CNc2ccn(C)n2)sc1Br. The van der Waals surface area contributed by atoms with E-state index in [0.29, 0.717) is 0 Å². The van der Waals surface area contributed by atoms with E-state index in [1.165, 1.54) is 14.2 Å². The third-order valence-corrected chi connectivity index (χ3v) is 4.20. The summed E-state index contributed by atoms with van der Waals surface area (Å²) in [6.45, 7) is 2.93. The fourth-order valence-electron chi connectivity index (χ4n) is 1.30. The van der Waals surface area contributed by atoms with Crippen LogP contribution in [0.25, 0.3) is 0 Å². The Morgan fingerprint density at radius 1 is 1.60 bits per heavy atom. The van der Waals surface area contributed by atoms with Gasteiger partial charge >= 0.3 is 0 Å². The molecule has 0 aromatic carbocycles. The number of aromatic nitrogens is 2. The molecule has 5 heteroatoms. The summed E-state index contributed by atoms with van der Waals surface area (Å²) >= 11 is 5.28. The van der Waals surface area contributed by atoms with E-state index in [-0.39, 0.29) is 0 Å². The molecule has 0 aliphatic heterocycles. The minimum atomic E-state index is 0.828. The van der Waals surface area contributed by atoms with Crippen LogP contribution in [-0.2, 0) is 13.6 Å². The van der Waals surface area contributed by atoms with Gasteiger partial charge < -0.3 is 5.32 Å². The maximum atomic E-state index is 4.25. The molecule has 0 aliphatic carbocycles. The van der Waals surface area contributed by atoms with Crippen LogP contribution in [0.15, 0.2) is 22.1 Å². The predicted molar refractivity (Wildman–Crippen MR) is 67.3 cm³/mol. The Kier molecular flexibility index (Phi) is 3.11. The Morgan fingerprint density at radius 2 is 2.40 bits per heavy atom. The van der Waals surface area contributed by atoms with Gasteiger partial charge in [0.25, 0.3) is 0 Å². The molecule has 15 heavy (non-hydrogen) atoms. The third-order valence-electron chi connectivity index (χ3n) is 2.07. The highest BCUT2D eigenvalue weighted by molar-refractivity contribution is 9.11. The van der Waals surface area contributed by atoms with Gasteiger partial charge in [0.2, 0.25) is 0 Å². The molecule has 2 rings (SSSR count). The highest BCUT2D eigenvalue weighted by Gasteiger charge is 2.03. The number of hydrogen-bond acceptors (Lipinski definition) is 3. The summed E-state index contributed by atoms with van der Waals surface area (Å²) in [7, 11) is 1.91. The summed E-state index contributed by atoms with van der Waals surface area (Å²) in [6, 6.07) is 4.15. The summed E-state index contributed by atoms with van der Waals surface area (Å²) in [5.74, 6) is 0.916. The van der Waals surface area contributed by atoms with Crippen molar-refractivity contribution in [3.05, 3.63) is 32.6 Å². The minimum absolute atomic E-state index is 0.828. The Bertz CT molecular complexity index is 441. The quantitative estimate of drug-likeness (QED) is 0.939. The lowest BCUT2D eigenvalue weighted by molar-refractivity contribution is 0.768. The lowest BCUT2D eigenvalue weighted by Crippen LogP contribution is -1.98. The number of thiophene rings is 1. The van der Waals surface area contributed by atoms with Crippen LogP contribution in [0.3, 0.4) is 0 Å². The lowest BCUT2D eigenvalue weighted by Gasteiger charge is -1.98. The van der Waals surface area contributed by atoms with E-state index in [1.54, 1.807) is 16.0 Å². The molecule has 0 fully saturated rings. The molecule has 0 spiro atoms. The molecule has 1 N–H and O–H groups in total. The number of nitrogens with one attached hydrogen (secondary N) is 1. The smallest absolute Gasteiger partial charge is 0.148 e. The molecule has 0 unspecified atom stereocenters. The van der Waals surface area contributed by atoms with Crippen LogP contribution < -0.4 is 5.32 Å². The Morgan fingerprint density at radius 3 is 2.93 bits per heavy atom. The van der Waals surface area contributed by atoms with Gasteiger partial charge in [0.1, 0.15) is 5.82 Å². The molecule has 3 nitrogen and oxygen atoms in total. The number of hydrogen-bond donors (Lipinski definition) is 1.